The molecule has 1 aliphatic carbocycles. The molecule has 20 heavy (non-hydrogen) atoms. The van der Waals surface area contributed by atoms with Crippen LogP contribution >= 0.6 is 0 Å². The van der Waals surface area contributed by atoms with E-state index in [2.05, 4.69) is 23.5 Å². The maximum Gasteiger partial charge on any atom is 0.134 e. The Morgan fingerprint density at radius 1 is 1.20 bits per heavy atom. The van der Waals surface area contributed by atoms with E-state index in [0.29, 0.717) is 6.04 Å². The van der Waals surface area contributed by atoms with Crippen LogP contribution in [0.15, 0.2) is 34.7 Å². The van der Waals surface area contributed by atoms with Gasteiger partial charge in [0.1, 0.15) is 11.3 Å². The smallest absolute Gasteiger partial charge is 0.134 e. The molecule has 2 heteroatoms. The maximum absolute atomic E-state index is 6.00. The van der Waals surface area contributed by atoms with Crippen LogP contribution in [-0.2, 0) is 0 Å². The third-order valence-corrected chi connectivity index (χ3v) is 4.72. The Morgan fingerprint density at radius 2 is 2.00 bits per heavy atom. The number of benzene rings is 1. The van der Waals surface area contributed by atoms with Gasteiger partial charge < -0.3 is 9.73 Å². The molecule has 3 rings (SSSR count). The van der Waals surface area contributed by atoms with Crippen molar-refractivity contribution in [2.24, 2.45) is 5.92 Å². The minimum absolute atomic E-state index is 0.351. The van der Waals surface area contributed by atoms with Crippen molar-refractivity contribution < 1.29 is 4.42 Å². The van der Waals surface area contributed by atoms with Gasteiger partial charge in [-0.25, -0.2) is 0 Å². The third kappa shape index (κ3) is 3.06. The van der Waals surface area contributed by atoms with E-state index in [4.69, 9.17) is 4.42 Å². The summed E-state index contributed by atoms with van der Waals surface area (Å²) in [5.41, 5.74) is 1.00. The van der Waals surface area contributed by atoms with Gasteiger partial charge in [-0.3, -0.25) is 0 Å². The number of hydrogen-bond donors (Lipinski definition) is 1. The summed E-state index contributed by atoms with van der Waals surface area (Å²) in [6.45, 7) is 0. The first-order valence-electron chi connectivity index (χ1n) is 8.02. The summed E-state index contributed by atoms with van der Waals surface area (Å²) in [5, 5.41) is 4.63. The Bertz CT molecular complexity index is 506. The van der Waals surface area contributed by atoms with Crippen LogP contribution in [0.1, 0.15) is 56.7 Å². The molecule has 0 amide bonds. The van der Waals surface area contributed by atoms with Gasteiger partial charge in [0.2, 0.25) is 0 Å². The molecule has 2 aromatic rings. The predicted octanol–water partition coefficient (Wildman–Crippen LogP) is 5.05. The average molecular weight is 271 g/mol. The van der Waals surface area contributed by atoms with Gasteiger partial charge in [-0.05, 0) is 37.9 Å². The third-order valence-electron chi connectivity index (χ3n) is 4.72. The molecule has 0 aliphatic heterocycles. The van der Waals surface area contributed by atoms with Crippen molar-refractivity contribution in [1.29, 1.82) is 0 Å². The van der Waals surface area contributed by atoms with Crippen LogP contribution in [0.4, 0.5) is 0 Å². The molecule has 0 radical (unpaired) electrons. The zero-order valence-electron chi connectivity index (χ0n) is 12.4. The molecule has 1 saturated carbocycles. The normalized spacial score (nSPS) is 18.4. The Hall–Kier alpha value is -1.28. The van der Waals surface area contributed by atoms with Gasteiger partial charge in [0, 0.05) is 5.39 Å². The number of nitrogens with one attached hydrogen (secondary N) is 1. The molecule has 108 valence electrons. The zero-order chi connectivity index (χ0) is 13.8. The van der Waals surface area contributed by atoms with Gasteiger partial charge >= 0.3 is 0 Å². The highest BCUT2D eigenvalue weighted by atomic mass is 16.3. The first-order chi connectivity index (χ1) is 9.86. The SMILES string of the molecule is CNC(CCC1CCCCC1)c1cc2ccccc2o1. The number of fused-ring (bicyclic) bond motifs is 1. The molecule has 1 heterocycles. The summed E-state index contributed by atoms with van der Waals surface area (Å²) in [4.78, 5) is 0. The van der Waals surface area contributed by atoms with Crippen molar-refractivity contribution in [3.63, 3.8) is 0 Å². The van der Waals surface area contributed by atoms with Crippen molar-refractivity contribution in [2.75, 3.05) is 7.05 Å². The molecule has 1 aliphatic rings. The Morgan fingerprint density at radius 3 is 2.75 bits per heavy atom. The lowest BCUT2D eigenvalue weighted by Gasteiger charge is -2.23. The van der Waals surface area contributed by atoms with Gasteiger partial charge in [-0.1, -0.05) is 50.3 Å². The lowest BCUT2D eigenvalue weighted by Crippen LogP contribution is -2.17. The molecular formula is C18H25NO. The molecule has 1 aromatic heterocycles. The van der Waals surface area contributed by atoms with Gasteiger partial charge in [0.25, 0.3) is 0 Å². The van der Waals surface area contributed by atoms with E-state index in [1.54, 1.807) is 0 Å². The van der Waals surface area contributed by atoms with Crippen molar-refractivity contribution in [3.8, 4) is 0 Å². The van der Waals surface area contributed by atoms with E-state index >= 15 is 0 Å². The van der Waals surface area contributed by atoms with E-state index in [1.807, 2.05) is 19.2 Å². The van der Waals surface area contributed by atoms with Crippen LogP contribution in [0.25, 0.3) is 11.0 Å². The van der Waals surface area contributed by atoms with E-state index < -0.39 is 0 Å². The minimum atomic E-state index is 0.351. The van der Waals surface area contributed by atoms with Crippen LogP contribution in [0.3, 0.4) is 0 Å². The van der Waals surface area contributed by atoms with Crippen LogP contribution < -0.4 is 5.32 Å². The summed E-state index contributed by atoms with van der Waals surface area (Å²) >= 11 is 0. The van der Waals surface area contributed by atoms with Gasteiger partial charge in [0.05, 0.1) is 6.04 Å². The number of rotatable bonds is 5. The average Bonchev–Trinajstić information content (AvgIpc) is 2.92. The van der Waals surface area contributed by atoms with Crippen molar-refractivity contribution in [2.45, 2.75) is 51.0 Å². The molecule has 2 nitrogen and oxygen atoms in total. The Balaban J connectivity index is 1.65. The first kappa shape index (κ1) is 13.7. The summed E-state index contributed by atoms with van der Waals surface area (Å²) < 4.78 is 6.00. The van der Waals surface area contributed by atoms with Crippen LogP contribution in [0, 0.1) is 5.92 Å². The van der Waals surface area contributed by atoms with Gasteiger partial charge in [-0.15, -0.1) is 0 Å². The molecule has 1 aromatic carbocycles. The quantitative estimate of drug-likeness (QED) is 0.822. The number of hydrogen-bond acceptors (Lipinski definition) is 2. The summed E-state index contributed by atoms with van der Waals surface area (Å²) in [7, 11) is 2.04. The fraction of sp³-hybridized carbons (Fsp3) is 0.556. The number of furan rings is 1. The Labute approximate surface area is 121 Å². The standard InChI is InChI=1S/C18H25NO/c1-19-16(12-11-14-7-3-2-4-8-14)18-13-15-9-5-6-10-17(15)20-18/h5-6,9-10,13-14,16,19H,2-4,7-8,11-12H2,1H3. The van der Waals surface area contributed by atoms with Crippen LogP contribution in [0.5, 0.6) is 0 Å². The lowest BCUT2D eigenvalue weighted by atomic mass is 9.85. The summed E-state index contributed by atoms with van der Waals surface area (Å²) in [6.07, 6.45) is 9.66. The van der Waals surface area contributed by atoms with Gasteiger partial charge in [0.15, 0.2) is 0 Å². The van der Waals surface area contributed by atoms with Crippen molar-refractivity contribution in [1.82, 2.24) is 5.32 Å². The topological polar surface area (TPSA) is 25.2 Å². The second-order valence-electron chi connectivity index (χ2n) is 6.11. The van der Waals surface area contributed by atoms with Crippen LogP contribution in [0.2, 0.25) is 0 Å². The summed E-state index contributed by atoms with van der Waals surface area (Å²) in [6, 6.07) is 10.8. The van der Waals surface area contributed by atoms with E-state index in [1.165, 1.54) is 50.3 Å². The fourth-order valence-electron chi connectivity index (χ4n) is 3.48. The highest BCUT2D eigenvalue weighted by molar-refractivity contribution is 5.77. The molecule has 1 N–H and O–H groups in total. The second kappa shape index (κ2) is 6.45. The van der Waals surface area contributed by atoms with Crippen molar-refractivity contribution in [3.05, 3.63) is 36.1 Å². The highest BCUT2D eigenvalue weighted by Crippen LogP contribution is 2.32. The fourth-order valence-corrected chi connectivity index (χ4v) is 3.48. The predicted molar refractivity (Wildman–Crippen MR) is 83.8 cm³/mol. The Kier molecular flexibility index (Phi) is 4.41. The van der Waals surface area contributed by atoms with E-state index in [-0.39, 0.29) is 0 Å². The molecule has 1 unspecified atom stereocenters. The monoisotopic (exact) mass is 271 g/mol. The number of para-hydroxylation sites is 1. The van der Waals surface area contributed by atoms with Crippen LogP contribution in [-0.4, -0.2) is 7.05 Å². The second-order valence-corrected chi connectivity index (χ2v) is 6.11. The maximum atomic E-state index is 6.00. The lowest BCUT2D eigenvalue weighted by molar-refractivity contribution is 0.308. The highest BCUT2D eigenvalue weighted by Gasteiger charge is 2.18. The molecule has 0 bridgehead atoms. The largest absolute Gasteiger partial charge is 0.459 e. The molecule has 0 spiro atoms. The van der Waals surface area contributed by atoms with E-state index in [9.17, 15) is 0 Å². The van der Waals surface area contributed by atoms with Crippen molar-refractivity contribution >= 4 is 11.0 Å². The summed E-state index contributed by atoms with van der Waals surface area (Å²) in [5.74, 6) is 2.02. The first-order valence-corrected chi connectivity index (χ1v) is 8.02. The minimum Gasteiger partial charge on any atom is -0.459 e. The van der Waals surface area contributed by atoms with Gasteiger partial charge in [-0.2, -0.15) is 0 Å². The van der Waals surface area contributed by atoms with E-state index in [0.717, 1.165) is 17.3 Å². The molecule has 1 fully saturated rings. The molecular weight excluding hydrogens is 246 g/mol. The zero-order valence-corrected chi connectivity index (χ0v) is 12.4. The molecule has 1 atom stereocenters. The molecule has 0 saturated heterocycles.